The molecule has 0 saturated heterocycles. The van der Waals surface area contributed by atoms with E-state index < -0.39 is 0 Å². The van der Waals surface area contributed by atoms with Gasteiger partial charge >= 0.3 is 0 Å². The molecule has 6 nitrogen and oxygen atoms in total. The van der Waals surface area contributed by atoms with Gasteiger partial charge in [-0.3, -0.25) is 0 Å². The number of benzene rings is 1. The van der Waals surface area contributed by atoms with Gasteiger partial charge in [-0.2, -0.15) is 0 Å². The average molecular weight is 245 g/mol. The van der Waals surface area contributed by atoms with E-state index in [2.05, 4.69) is 20.8 Å². The van der Waals surface area contributed by atoms with Crippen molar-refractivity contribution in [3.05, 3.63) is 35.7 Å². The van der Waals surface area contributed by atoms with Crippen LogP contribution < -0.4 is 5.32 Å². The van der Waals surface area contributed by atoms with Crippen LogP contribution in [0.4, 0.5) is 5.69 Å². The Kier molecular flexibility index (Phi) is 2.93. The third-order valence-corrected chi connectivity index (χ3v) is 3.01. The van der Waals surface area contributed by atoms with Crippen molar-refractivity contribution in [3.63, 3.8) is 0 Å². The lowest BCUT2D eigenvalue weighted by Crippen LogP contribution is -2.09. The van der Waals surface area contributed by atoms with Crippen LogP contribution in [0.2, 0.25) is 0 Å². The molecule has 1 heterocycles. The molecule has 1 saturated carbocycles. The number of hydrogen-bond acceptors (Lipinski definition) is 5. The summed E-state index contributed by atoms with van der Waals surface area (Å²) in [5, 5.41) is 24.1. The topological polar surface area (TPSA) is 75.9 Å². The lowest BCUT2D eigenvalue weighted by atomic mass is 10.2. The molecular weight excluding hydrogens is 230 g/mol. The predicted octanol–water partition coefficient (Wildman–Crippen LogP) is 1.11. The molecule has 18 heavy (non-hydrogen) atoms. The lowest BCUT2D eigenvalue weighted by molar-refractivity contribution is 0.282. The predicted molar refractivity (Wildman–Crippen MR) is 65.8 cm³/mol. The largest absolute Gasteiger partial charge is 0.392 e. The minimum atomic E-state index is 0.0509. The van der Waals surface area contributed by atoms with Crippen LogP contribution >= 0.6 is 0 Å². The van der Waals surface area contributed by atoms with Crippen molar-refractivity contribution < 1.29 is 5.11 Å². The molecule has 0 amide bonds. The van der Waals surface area contributed by atoms with Crippen molar-refractivity contribution in [1.82, 2.24) is 20.2 Å². The second kappa shape index (κ2) is 4.73. The van der Waals surface area contributed by atoms with Crippen molar-refractivity contribution in [2.75, 3.05) is 5.32 Å². The van der Waals surface area contributed by atoms with E-state index in [9.17, 15) is 0 Å². The van der Waals surface area contributed by atoms with Gasteiger partial charge in [-0.1, -0.05) is 12.1 Å². The van der Waals surface area contributed by atoms with Gasteiger partial charge in [-0.25, -0.2) is 4.68 Å². The van der Waals surface area contributed by atoms with E-state index >= 15 is 0 Å². The van der Waals surface area contributed by atoms with Crippen LogP contribution in [0.3, 0.4) is 0 Å². The van der Waals surface area contributed by atoms with Crippen LogP contribution in [0, 0.1) is 0 Å². The fourth-order valence-electron chi connectivity index (χ4n) is 1.89. The maximum Gasteiger partial charge on any atom is 0.170 e. The molecule has 0 atom stereocenters. The number of aliphatic hydroxyl groups excluding tert-OH is 1. The first-order valence-corrected chi connectivity index (χ1v) is 6.07. The van der Waals surface area contributed by atoms with Crippen LogP contribution in [0.15, 0.2) is 24.3 Å². The monoisotopic (exact) mass is 245 g/mol. The number of aliphatic hydroxyl groups is 1. The zero-order valence-corrected chi connectivity index (χ0v) is 9.95. The highest BCUT2D eigenvalue weighted by Gasteiger charge is 2.27. The van der Waals surface area contributed by atoms with Crippen molar-refractivity contribution >= 4 is 5.69 Å². The van der Waals surface area contributed by atoms with Crippen LogP contribution in [-0.4, -0.2) is 25.3 Å². The number of anilines is 1. The van der Waals surface area contributed by atoms with E-state index in [0.29, 0.717) is 12.6 Å². The van der Waals surface area contributed by atoms with E-state index in [-0.39, 0.29) is 6.61 Å². The number of nitrogens with zero attached hydrogens (tertiary/aromatic N) is 4. The van der Waals surface area contributed by atoms with Crippen molar-refractivity contribution in [3.8, 4) is 0 Å². The molecule has 1 aromatic heterocycles. The highest BCUT2D eigenvalue weighted by atomic mass is 16.3. The average Bonchev–Trinajstić information content (AvgIpc) is 3.15. The second-order valence-corrected chi connectivity index (χ2v) is 4.48. The summed E-state index contributed by atoms with van der Waals surface area (Å²) >= 11 is 0. The summed E-state index contributed by atoms with van der Waals surface area (Å²) in [4.78, 5) is 0. The molecule has 1 fully saturated rings. The standard InChI is InChI=1S/C12H15N5O/c18-8-9-2-1-3-10(6-9)13-7-12-14-15-16-17(12)11-4-5-11/h1-3,6,11,13,18H,4-5,7-8H2. The highest BCUT2D eigenvalue weighted by molar-refractivity contribution is 5.45. The van der Waals surface area contributed by atoms with Gasteiger partial charge in [0, 0.05) is 5.69 Å². The maximum absolute atomic E-state index is 9.08. The minimum absolute atomic E-state index is 0.0509. The maximum atomic E-state index is 9.08. The third kappa shape index (κ3) is 2.33. The van der Waals surface area contributed by atoms with Crippen LogP contribution in [0.25, 0.3) is 0 Å². The number of aromatic nitrogens is 4. The second-order valence-electron chi connectivity index (χ2n) is 4.48. The minimum Gasteiger partial charge on any atom is -0.392 e. The Balaban J connectivity index is 1.67. The quantitative estimate of drug-likeness (QED) is 0.825. The zero-order valence-electron chi connectivity index (χ0n) is 9.95. The van der Waals surface area contributed by atoms with Gasteiger partial charge in [-0.05, 0) is 41.0 Å². The number of hydrogen-bond donors (Lipinski definition) is 2. The third-order valence-electron chi connectivity index (χ3n) is 3.01. The van der Waals surface area contributed by atoms with E-state index in [1.165, 1.54) is 0 Å². The van der Waals surface area contributed by atoms with E-state index in [0.717, 1.165) is 29.9 Å². The lowest BCUT2D eigenvalue weighted by Gasteiger charge is -2.07. The molecule has 1 aliphatic rings. The Morgan fingerprint density at radius 2 is 2.28 bits per heavy atom. The Hall–Kier alpha value is -1.95. The van der Waals surface area contributed by atoms with E-state index in [4.69, 9.17) is 5.11 Å². The van der Waals surface area contributed by atoms with Gasteiger partial charge in [0.15, 0.2) is 5.82 Å². The summed E-state index contributed by atoms with van der Waals surface area (Å²) < 4.78 is 1.89. The molecule has 3 rings (SSSR count). The summed E-state index contributed by atoms with van der Waals surface area (Å²) in [5.41, 5.74) is 1.86. The van der Waals surface area contributed by atoms with Crippen LogP contribution in [0.1, 0.15) is 30.3 Å². The molecule has 2 aromatic rings. The fraction of sp³-hybridized carbons (Fsp3) is 0.417. The van der Waals surface area contributed by atoms with Gasteiger partial charge in [0.25, 0.3) is 0 Å². The van der Waals surface area contributed by atoms with Gasteiger partial charge in [0.2, 0.25) is 0 Å². The molecular formula is C12H15N5O. The first-order valence-electron chi connectivity index (χ1n) is 6.07. The summed E-state index contributed by atoms with van der Waals surface area (Å²) in [6.07, 6.45) is 2.33. The summed E-state index contributed by atoms with van der Waals surface area (Å²) in [5.74, 6) is 0.854. The Morgan fingerprint density at radius 3 is 3.06 bits per heavy atom. The normalized spacial score (nSPS) is 14.7. The molecule has 94 valence electrons. The molecule has 2 N–H and O–H groups in total. The molecule has 1 aliphatic carbocycles. The zero-order chi connectivity index (χ0) is 12.4. The number of rotatable bonds is 5. The Bertz CT molecular complexity index is 535. The molecule has 6 heteroatoms. The van der Waals surface area contributed by atoms with Crippen LogP contribution in [0.5, 0.6) is 0 Å². The van der Waals surface area contributed by atoms with Crippen molar-refractivity contribution in [1.29, 1.82) is 0 Å². The van der Waals surface area contributed by atoms with Crippen molar-refractivity contribution in [2.24, 2.45) is 0 Å². The number of tetrazole rings is 1. The highest BCUT2D eigenvalue weighted by Crippen LogP contribution is 2.34. The summed E-state index contributed by atoms with van der Waals surface area (Å²) in [7, 11) is 0. The molecule has 0 aliphatic heterocycles. The Morgan fingerprint density at radius 1 is 1.39 bits per heavy atom. The first kappa shape index (κ1) is 11.2. The molecule has 1 aromatic carbocycles. The summed E-state index contributed by atoms with van der Waals surface area (Å²) in [6.45, 7) is 0.647. The van der Waals surface area contributed by atoms with E-state index in [1.807, 2.05) is 28.9 Å². The van der Waals surface area contributed by atoms with Gasteiger partial charge in [0.05, 0.1) is 19.2 Å². The first-order chi connectivity index (χ1) is 8.86. The van der Waals surface area contributed by atoms with Gasteiger partial charge in [0.1, 0.15) is 0 Å². The van der Waals surface area contributed by atoms with E-state index in [1.54, 1.807) is 0 Å². The smallest absolute Gasteiger partial charge is 0.170 e. The van der Waals surface area contributed by atoms with Crippen LogP contribution in [-0.2, 0) is 13.2 Å². The SMILES string of the molecule is OCc1cccc(NCc2nnnn2C2CC2)c1. The molecule has 0 radical (unpaired) electrons. The number of nitrogens with one attached hydrogen (secondary N) is 1. The fourth-order valence-corrected chi connectivity index (χ4v) is 1.89. The van der Waals surface area contributed by atoms with Gasteiger partial charge in [-0.15, -0.1) is 5.10 Å². The molecule has 0 bridgehead atoms. The molecule has 0 unspecified atom stereocenters. The van der Waals surface area contributed by atoms with Gasteiger partial charge < -0.3 is 10.4 Å². The summed E-state index contributed by atoms with van der Waals surface area (Å²) in [6, 6.07) is 8.17. The molecule has 0 spiro atoms. The Labute approximate surface area is 105 Å². The van der Waals surface area contributed by atoms with Crippen molar-refractivity contribution in [2.45, 2.75) is 32.0 Å².